The molecule has 0 aromatic carbocycles. The van der Waals surface area contributed by atoms with Gasteiger partial charge >= 0.3 is 0 Å². The molecule has 0 atom stereocenters. The van der Waals surface area contributed by atoms with Crippen LogP contribution >= 0.6 is 12.4 Å². The van der Waals surface area contributed by atoms with Crippen LogP contribution in [0.25, 0.3) is 0 Å². The maximum atomic E-state index is 12.3. The summed E-state index contributed by atoms with van der Waals surface area (Å²) < 4.78 is 0. The van der Waals surface area contributed by atoms with Crippen LogP contribution in [0.15, 0.2) is 0 Å². The largest absolute Gasteiger partial charge is 0.346 e. The minimum Gasteiger partial charge on any atom is -0.346 e. The van der Waals surface area contributed by atoms with E-state index in [1.54, 1.807) is 4.90 Å². The molecule has 2 rings (SSSR count). The summed E-state index contributed by atoms with van der Waals surface area (Å²) >= 11 is 0. The fraction of sp³-hybridized carbons (Fsp3) is 0.812. The van der Waals surface area contributed by atoms with Gasteiger partial charge in [0.1, 0.15) is 0 Å². The van der Waals surface area contributed by atoms with Crippen molar-refractivity contribution in [2.45, 2.75) is 38.5 Å². The van der Waals surface area contributed by atoms with E-state index in [1.165, 1.54) is 32.1 Å². The fourth-order valence-corrected chi connectivity index (χ4v) is 3.33. The highest BCUT2D eigenvalue weighted by molar-refractivity contribution is 5.86. The monoisotopic (exact) mass is 360 g/mol. The molecule has 1 aliphatic heterocycles. The first-order valence-electron chi connectivity index (χ1n) is 8.62. The number of hydrogen-bond acceptors (Lipinski definition) is 4. The molecule has 8 heteroatoms. The van der Waals surface area contributed by atoms with E-state index < -0.39 is 0 Å². The van der Waals surface area contributed by atoms with Crippen molar-refractivity contribution in [2.24, 2.45) is 11.7 Å². The van der Waals surface area contributed by atoms with Crippen molar-refractivity contribution in [2.75, 3.05) is 39.3 Å². The summed E-state index contributed by atoms with van der Waals surface area (Å²) in [6.45, 7) is 2.11. The fourth-order valence-electron chi connectivity index (χ4n) is 3.33. The van der Waals surface area contributed by atoms with E-state index in [9.17, 15) is 14.4 Å². The number of nitrogens with two attached hydrogens (primary N) is 1. The van der Waals surface area contributed by atoms with Crippen LogP contribution in [-0.2, 0) is 14.4 Å². The Morgan fingerprint density at radius 1 is 0.917 bits per heavy atom. The van der Waals surface area contributed by atoms with Gasteiger partial charge in [-0.25, -0.2) is 0 Å². The van der Waals surface area contributed by atoms with Crippen LogP contribution in [0.2, 0.25) is 0 Å². The Balaban J connectivity index is 0.00000288. The third-order valence-corrected chi connectivity index (χ3v) is 4.80. The van der Waals surface area contributed by atoms with E-state index in [0.717, 1.165) is 0 Å². The third kappa shape index (κ3) is 6.28. The minimum absolute atomic E-state index is 0. The molecule has 0 aromatic heterocycles. The van der Waals surface area contributed by atoms with Crippen molar-refractivity contribution >= 4 is 30.1 Å². The first kappa shape index (κ1) is 20.7. The number of hydrogen-bond donors (Lipinski definition) is 2. The highest BCUT2D eigenvalue weighted by atomic mass is 35.5. The zero-order valence-electron chi connectivity index (χ0n) is 14.2. The summed E-state index contributed by atoms with van der Waals surface area (Å²) in [6, 6.07) is 0. The van der Waals surface area contributed by atoms with Gasteiger partial charge in [-0.05, 0) is 18.8 Å². The summed E-state index contributed by atoms with van der Waals surface area (Å²) in [5.74, 6) is 0.314. The number of piperazine rings is 1. The molecule has 24 heavy (non-hydrogen) atoms. The predicted molar refractivity (Wildman–Crippen MR) is 93.7 cm³/mol. The Morgan fingerprint density at radius 2 is 1.46 bits per heavy atom. The van der Waals surface area contributed by atoms with Crippen molar-refractivity contribution in [1.82, 2.24) is 15.1 Å². The quantitative estimate of drug-likeness (QED) is 0.728. The molecule has 3 N–H and O–H groups in total. The lowest BCUT2D eigenvalue weighted by Crippen LogP contribution is -2.53. The Hall–Kier alpha value is -1.34. The van der Waals surface area contributed by atoms with Gasteiger partial charge in [-0.15, -0.1) is 12.4 Å². The molecule has 138 valence electrons. The average Bonchev–Trinajstić information content (AvgIpc) is 2.60. The van der Waals surface area contributed by atoms with Crippen LogP contribution in [0.4, 0.5) is 0 Å². The Kier molecular flexibility index (Phi) is 9.07. The first-order valence-corrected chi connectivity index (χ1v) is 8.62. The van der Waals surface area contributed by atoms with Crippen LogP contribution < -0.4 is 11.1 Å². The van der Waals surface area contributed by atoms with Gasteiger partial charge in [0.15, 0.2) is 0 Å². The number of nitrogens with zero attached hydrogens (tertiary/aromatic N) is 2. The number of amides is 3. The second-order valence-electron chi connectivity index (χ2n) is 6.45. The molecule has 1 saturated carbocycles. The smallest absolute Gasteiger partial charge is 0.242 e. The van der Waals surface area contributed by atoms with Crippen molar-refractivity contribution in [3.63, 3.8) is 0 Å². The lowest BCUT2D eigenvalue weighted by Gasteiger charge is -2.35. The molecule has 0 unspecified atom stereocenters. The van der Waals surface area contributed by atoms with E-state index in [1.807, 2.05) is 4.90 Å². The zero-order chi connectivity index (χ0) is 16.7. The van der Waals surface area contributed by atoms with Gasteiger partial charge in [-0.2, -0.15) is 0 Å². The van der Waals surface area contributed by atoms with Gasteiger partial charge < -0.3 is 20.9 Å². The standard InChI is InChI=1S/C16H28N4O3.ClH/c17-11-14(21)18-12-16(23)20-8-6-19(7-9-20)15(22)10-13-4-2-1-3-5-13;/h13H,1-12,17H2,(H,18,21);1H. The van der Waals surface area contributed by atoms with Gasteiger partial charge in [-0.1, -0.05) is 19.3 Å². The maximum Gasteiger partial charge on any atom is 0.242 e. The van der Waals surface area contributed by atoms with Crippen molar-refractivity contribution < 1.29 is 14.4 Å². The van der Waals surface area contributed by atoms with Crippen LogP contribution in [0.3, 0.4) is 0 Å². The third-order valence-electron chi connectivity index (χ3n) is 4.80. The molecule has 0 aromatic rings. The molecular weight excluding hydrogens is 332 g/mol. The summed E-state index contributed by atoms with van der Waals surface area (Å²) in [5.41, 5.74) is 5.18. The van der Waals surface area contributed by atoms with Gasteiger partial charge in [-0.3, -0.25) is 14.4 Å². The number of rotatable bonds is 5. The summed E-state index contributed by atoms with van der Waals surface area (Å²) in [4.78, 5) is 39.0. The molecule has 2 aliphatic rings. The van der Waals surface area contributed by atoms with Crippen molar-refractivity contribution in [1.29, 1.82) is 0 Å². The van der Waals surface area contributed by atoms with Gasteiger partial charge in [0.05, 0.1) is 13.1 Å². The topological polar surface area (TPSA) is 95.7 Å². The normalized spacial score (nSPS) is 18.7. The number of carbonyl (C=O) groups is 3. The Morgan fingerprint density at radius 3 is 2.00 bits per heavy atom. The predicted octanol–water partition coefficient (Wildman–Crippen LogP) is 0.124. The molecule has 7 nitrogen and oxygen atoms in total. The molecule has 1 heterocycles. The molecule has 2 fully saturated rings. The average molecular weight is 361 g/mol. The lowest BCUT2D eigenvalue weighted by atomic mass is 9.86. The Labute approximate surface area is 149 Å². The zero-order valence-corrected chi connectivity index (χ0v) is 15.0. The van der Waals surface area contributed by atoms with E-state index >= 15 is 0 Å². The van der Waals surface area contributed by atoms with E-state index in [-0.39, 0.29) is 43.2 Å². The second-order valence-corrected chi connectivity index (χ2v) is 6.45. The Bertz CT molecular complexity index is 433. The lowest BCUT2D eigenvalue weighted by molar-refractivity contribution is -0.140. The van der Waals surface area contributed by atoms with Crippen molar-refractivity contribution in [3.05, 3.63) is 0 Å². The van der Waals surface area contributed by atoms with Gasteiger partial charge in [0.2, 0.25) is 17.7 Å². The summed E-state index contributed by atoms with van der Waals surface area (Å²) in [6.07, 6.45) is 6.78. The molecule has 0 spiro atoms. The molecule has 0 bridgehead atoms. The molecule has 1 saturated heterocycles. The van der Waals surface area contributed by atoms with Gasteiger partial charge in [0, 0.05) is 32.6 Å². The van der Waals surface area contributed by atoms with Crippen LogP contribution in [0, 0.1) is 5.92 Å². The van der Waals surface area contributed by atoms with Crippen LogP contribution in [0.5, 0.6) is 0 Å². The first-order chi connectivity index (χ1) is 11.1. The highest BCUT2D eigenvalue weighted by Gasteiger charge is 2.26. The van der Waals surface area contributed by atoms with Crippen LogP contribution in [-0.4, -0.2) is 66.8 Å². The number of carbonyl (C=O) groups excluding carboxylic acids is 3. The number of halogens is 1. The molecule has 3 amide bonds. The van der Waals surface area contributed by atoms with E-state index in [2.05, 4.69) is 5.32 Å². The summed E-state index contributed by atoms with van der Waals surface area (Å²) in [7, 11) is 0. The second kappa shape index (κ2) is 10.5. The van der Waals surface area contributed by atoms with Crippen LogP contribution in [0.1, 0.15) is 38.5 Å². The molecule has 0 radical (unpaired) electrons. The number of nitrogens with one attached hydrogen (secondary N) is 1. The SMILES string of the molecule is Cl.NCC(=O)NCC(=O)N1CCN(C(=O)CC2CCCCC2)CC1. The minimum atomic E-state index is -0.334. The van der Waals surface area contributed by atoms with E-state index in [0.29, 0.717) is 38.5 Å². The van der Waals surface area contributed by atoms with E-state index in [4.69, 9.17) is 5.73 Å². The summed E-state index contributed by atoms with van der Waals surface area (Å²) in [5, 5.41) is 2.48. The van der Waals surface area contributed by atoms with Gasteiger partial charge in [0.25, 0.3) is 0 Å². The highest BCUT2D eigenvalue weighted by Crippen LogP contribution is 2.27. The van der Waals surface area contributed by atoms with Crippen molar-refractivity contribution in [3.8, 4) is 0 Å². The molecule has 1 aliphatic carbocycles. The maximum absolute atomic E-state index is 12.3. The molecular formula is C16H29ClN4O3.